The van der Waals surface area contributed by atoms with Crippen LogP contribution in [0.15, 0.2) is 0 Å². The smallest absolute Gasteiger partial charge is 0.00341 e. The maximum absolute atomic E-state index is 5.57. The molecule has 13 heavy (non-hydrogen) atoms. The van der Waals surface area contributed by atoms with Crippen molar-refractivity contribution in [2.45, 2.75) is 6.42 Å². The first-order valence-electron chi connectivity index (χ1n) is 5.39. The number of likely N-dealkylation sites (tertiary alicyclic amines) is 2. The Morgan fingerprint density at radius 3 is 2.38 bits per heavy atom. The highest BCUT2D eigenvalue weighted by atomic mass is 15.2. The molecule has 2 heterocycles. The van der Waals surface area contributed by atoms with Gasteiger partial charge in [0.05, 0.1) is 0 Å². The number of nitrogens with two attached hydrogens (primary N) is 1. The highest BCUT2D eigenvalue weighted by Crippen LogP contribution is 2.20. The van der Waals surface area contributed by atoms with Crippen LogP contribution in [0.3, 0.4) is 0 Å². The minimum Gasteiger partial charge on any atom is -0.330 e. The first-order valence-corrected chi connectivity index (χ1v) is 5.39. The summed E-state index contributed by atoms with van der Waals surface area (Å²) in [5.74, 6) is 1.77. The van der Waals surface area contributed by atoms with E-state index in [-0.39, 0.29) is 0 Å². The zero-order chi connectivity index (χ0) is 9.26. The van der Waals surface area contributed by atoms with Gasteiger partial charge in [-0.1, -0.05) is 0 Å². The van der Waals surface area contributed by atoms with Gasteiger partial charge in [0.2, 0.25) is 0 Å². The van der Waals surface area contributed by atoms with Crippen LogP contribution < -0.4 is 5.73 Å². The van der Waals surface area contributed by atoms with Gasteiger partial charge in [0.1, 0.15) is 0 Å². The van der Waals surface area contributed by atoms with Crippen LogP contribution in [-0.2, 0) is 0 Å². The Balaban J connectivity index is 1.51. The zero-order valence-electron chi connectivity index (χ0n) is 8.58. The Labute approximate surface area is 80.9 Å². The molecule has 0 atom stereocenters. The summed E-state index contributed by atoms with van der Waals surface area (Å²) in [4.78, 5) is 4.93. The SMILES string of the molecule is CN1CC(CCN2CC(CN)C2)C1. The predicted molar refractivity (Wildman–Crippen MR) is 54.6 cm³/mol. The van der Waals surface area contributed by atoms with Crippen molar-refractivity contribution in [3.8, 4) is 0 Å². The van der Waals surface area contributed by atoms with E-state index < -0.39 is 0 Å². The standard InChI is InChI=1S/C10H21N3/c1-12-5-9(6-12)2-3-13-7-10(4-11)8-13/h9-10H,2-8,11H2,1H3. The summed E-state index contributed by atoms with van der Waals surface area (Å²) in [6.07, 6.45) is 1.39. The van der Waals surface area contributed by atoms with Crippen LogP contribution in [0.1, 0.15) is 6.42 Å². The molecule has 0 aliphatic carbocycles. The van der Waals surface area contributed by atoms with Crippen molar-refractivity contribution < 1.29 is 0 Å². The third-order valence-corrected chi connectivity index (χ3v) is 3.36. The van der Waals surface area contributed by atoms with Crippen molar-refractivity contribution in [1.29, 1.82) is 0 Å². The molecule has 0 radical (unpaired) electrons. The summed E-state index contributed by atoms with van der Waals surface area (Å²) in [5, 5.41) is 0. The van der Waals surface area contributed by atoms with Gasteiger partial charge in [0.15, 0.2) is 0 Å². The highest BCUT2D eigenvalue weighted by Gasteiger charge is 2.28. The van der Waals surface area contributed by atoms with E-state index in [1.165, 1.54) is 39.1 Å². The van der Waals surface area contributed by atoms with Gasteiger partial charge in [-0.25, -0.2) is 0 Å². The Morgan fingerprint density at radius 2 is 1.85 bits per heavy atom. The van der Waals surface area contributed by atoms with E-state index >= 15 is 0 Å². The lowest BCUT2D eigenvalue weighted by molar-refractivity contribution is 0.0691. The van der Waals surface area contributed by atoms with E-state index in [1.807, 2.05) is 0 Å². The molecular weight excluding hydrogens is 162 g/mol. The third-order valence-electron chi connectivity index (χ3n) is 3.36. The predicted octanol–water partition coefficient (Wildman–Crippen LogP) is -0.171. The number of hydrogen-bond acceptors (Lipinski definition) is 3. The van der Waals surface area contributed by atoms with Gasteiger partial charge in [-0.2, -0.15) is 0 Å². The highest BCUT2D eigenvalue weighted by molar-refractivity contribution is 4.83. The molecule has 76 valence electrons. The van der Waals surface area contributed by atoms with Crippen molar-refractivity contribution in [2.75, 3.05) is 46.3 Å². The van der Waals surface area contributed by atoms with Gasteiger partial charge >= 0.3 is 0 Å². The van der Waals surface area contributed by atoms with Crippen LogP contribution in [-0.4, -0.2) is 56.1 Å². The van der Waals surface area contributed by atoms with Gasteiger partial charge in [-0.15, -0.1) is 0 Å². The minimum atomic E-state index is 0.795. The molecule has 0 amide bonds. The fourth-order valence-corrected chi connectivity index (χ4v) is 2.38. The van der Waals surface area contributed by atoms with Crippen molar-refractivity contribution in [2.24, 2.45) is 17.6 Å². The molecule has 0 unspecified atom stereocenters. The average molecular weight is 183 g/mol. The van der Waals surface area contributed by atoms with Crippen LogP contribution in [0, 0.1) is 11.8 Å². The maximum atomic E-state index is 5.57. The van der Waals surface area contributed by atoms with E-state index in [1.54, 1.807) is 0 Å². The van der Waals surface area contributed by atoms with Gasteiger partial charge in [0, 0.05) is 26.2 Å². The minimum absolute atomic E-state index is 0.795. The molecule has 0 saturated carbocycles. The maximum Gasteiger partial charge on any atom is 0.00341 e. The first-order chi connectivity index (χ1) is 6.28. The second kappa shape index (κ2) is 3.95. The fraction of sp³-hybridized carbons (Fsp3) is 1.00. The second-order valence-electron chi connectivity index (χ2n) is 4.74. The number of hydrogen-bond donors (Lipinski definition) is 1. The lowest BCUT2D eigenvalue weighted by Gasteiger charge is -2.42. The number of nitrogens with zero attached hydrogens (tertiary/aromatic N) is 2. The summed E-state index contributed by atoms with van der Waals surface area (Å²) < 4.78 is 0. The first kappa shape index (κ1) is 9.44. The summed E-state index contributed by atoms with van der Waals surface area (Å²) in [6, 6.07) is 0. The Bertz CT molecular complexity index is 160. The molecule has 2 fully saturated rings. The molecule has 3 nitrogen and oxygen atoms in total. The van der Waals surface area contributed by atoms with E-state index in [0.717, 1.165) is 18.4 Å². The van der Waals surface area contributed by atoms with Crippen LogP contribution in [0.2, 0.25) is 0 Å². The molecule has 2 aliphatic heterocycles. The van der Waals surface area contributed by atoms with Crippen molar-refractivity contribution in [3.05, 3.63) is 0 Å². The van der Waals surface area contributed by atoms with Crippen LogP contribution in [0.5, 0.6) is 0 Å². The second-order valence-corrected chi connectivity index (χ2v) is 4.74. The molecule has 0 aromatic carbocycles. The molecule has 0 aromatic rings. The van der Waals surface area contributed by atoms with Crippen molar-refractivity contribution >= 4 is 0 Å². The molecule has 0 spiro atoms. The van der Waals surface area contributed by atoms with Crippen LogP contribution >= 0.6 is 0 Å². The van der Waals surface area contributed by atoms with Gasteiger partial charge < -0.3 is 15.5 Å². The molecule has 2 aliphatic rings. The lowest BCUT2D eigenvalue weighted by atomic mass is 9.94. The normalized spacial score (nSPS) is 27.2. The quantitative estimate of drug-likeness (QED) is 0.657. The van der Waals surface area contributed by atoms with E-state index in [9.17, 15) is 0 Å². The van der Waals surface area contributed by atoms with Gasteiger partial charge in [0.25, 0.3) is 0 Å². The van der Waals surface area contributed by atoms with E-state index in [2.05, 4.69) is 16.8 Å². The van der Waals surface area contributed by atoms with Gasteiger partial charge in [-0.3, -0.25) is 0 Å². The Kier molecular flexibility index (Phi) is 2.86. The summed E-state index contributed by atoms with van der Waals surface area (Å²) in [6.45, 7) is 7.30. The lowest BCUT2D eigenvalue weighted by Crippen LogP contribution is -2.52. The van der Waals surface area contributed by atoms with Crippen LogP contribution in [0.25, 0.3) is 0 Å². The molecule has 2 rings (SSSR count). The molecule has 0 aromatic heterocycles. The van der Waals surface area contributed by atoms with Crippen LogP contribution in [0.4, 0.5) is 0 Å². The summed E-state index contributed by atoms with van der Waals surface area (Å²) >= 11 is 0. The molecule has 3 heteroatoms. The van der Waals surface area contributed by atoms with Gasteiger partial charge in [-0.05, 0) is 38.4 Å². The Morgan fingerprint density at radius 1 is 1.15 bits per heavy atom. The largest absolute Gasteiger partial charge is 0.330 e. The molecular formula is C10H21N3. The van der Waals surface area contributed by atoms with E-state index in [0.29, 0.717) is 0 Å². The molecule has 0 bridgehead atoms. The monoisotopic (exact) mass is 183 g/mol. The number of rotatable bonds is 4. The van der Waals surface area contributed by atoms with E-state index in [4.69, 9.17) is 5.73 Å². The third kappa shape index (κ3) is 2.22. The molecule has 2 saturated heterocycles. The molecule has 2 N–H and O–H groups in total. The summed E-state index contributed by atoms with van der Waals surface area (Å²) in [7, 11) is 2.20. The zero-order valence-corrected chi connectivity index (χ0v) is 8.58. The van der Waals surface area contributed by atoms with Crippen molar-refractivity contribution in [1.82, 2.24) is 9.80 Å². The van der Waals surface area contributed by atoms with Crippen molar-refractivity contribution in [3.63, 3.8) is 0 Å². The Hall–Kier alpha value is -0.120. The fourth-order valence-electron chi connectivity index (χ4n) is 2.38. The topological polar surface area (TPSA) is 32.5 Å². The average Bonchev–Trinajstić information content (AvgIpc) is 1.98. The summed E-state index contributed by atoms with van der Waals surface area (Å²) in [5.41, 5.74) is 5.57.